The predicted octanol–water partition coefficient (Wildman–Crippen LogP) is 9.53. The first-order chi connectivity index (χ1) is 22.9. The van der Waals surface area contributed by atoms with Gasteiger partial charge in [-0.25, -0.2) is 0 Å². The molecule has 246 valence electrons. The van der Waals surface area contributed by atoms with Crippen LogP contribution in [0.5, 0.6) is 0 Å². The van der Waals surface area contributed by atoms with Gasteiger partial charge in [0.15, 0.2) is 0 Å². The highest BCUT2D eigenvalue weighted by Gasteiger charge is 2.19. The van der Waals surface area contributed by atoms with Gasteiger partial charge in [-0.1, -0.05) is 71.7 Å². The number of carbonyl (C=O) groups is 2. The van der Waals surface area contributed by atoms with Crippen molar-refractivity contribution < 1.29 is 13.8 Å². The lowest BCUT2D eigenvalue weighted by Gasteiger charge is -2.26. The van der Waals surface area contributed by atoms with Crippen LogP contribution in [0.1, 0.15) is 70.4 Å². The maximum atomic E-state index is 12.5. The molecule has 6 rings (SSSR count). The first-order valence-electron chi connectivity index (χ1n) is 16.2. The summed E-state index contributed by atoms with van der Waals surface area (Å²) in [6.45, 7) is 3.47. The zero-order valence-corrected chi connectivity index (χ0v) is 29.6. The molecule has 0 saturated carbocycles. The molecule has 0 radical (unpaired) electrons. The van der Waals surface area contributed by atoms with Gasteiger partial charge in [0, 0.05) is 48.0 Å². The van der Waals surface area contributed by atoms with Gasteiger partial charge in [-0.15, -0.1) is 11.8 Å². The Balaban J connectivity index is 0.000000185. The molecule has 4 aromatic carbocycles. The van der Waals surface area contributed by atoms with E-state index in [1.165, 1.54) is 18.4 Å². The van der Waals surface area contributed by atoms with E-state index in [4.69, 9.17) is 23.2 Å². The Morgan fingerprint density at radius 1 is 0.596 bits per heavy atom. The highest BCUT2D eigenvalue weighted by molar-refractivity contribution is 7.98. The Hall–Kier alpha value is -3.10. The molecular formula is C38H40Cl2N2O3S2. The van der Waals surface area contributed by atoms with Crippen LogP contribution >= 0.6 is 35.0 Å². The van der Waals surface area contributed by atoms with E-state index in [0.29, 0.717) is 21.2 Å². The molecule has 2 aliphatic heterocycles. The van der Waals surface area contributed by atoms with Crippen molar-refractivity contribution in [1.29, 1.82) is 0 Å². The van der Waals surface area contributed by atoms with Crippen LogP contribution in [0.25, 0.3) is 0 Å². The van der Waals surface area contributed by atoms with Crippen LogP contribution in [0.3, 0.4) is 0 Å². The van der Waals surface area contributed by atoms with Crippen molar-refractivity contribution in [2.75, 3.05) is 26.2 Å². The molecule has 2 fully saturated rings. The molecule has 0 bridgehead atoms. The standard InChI is InChI=1S/C19H20ClNO2S.C19H20ClNOS/c20-17-6-2-3-7-18(17)24(23)14-15-8-10-16(11-9-15)19(22)21-12-4-1-5-13-21;20-17-6-2-3-7-18(17)23-14-15-8-10-16(11-9-15)19(22)21-12-4-1-5-13-21/h2-3,6-11H,1,4-5,12-14H2;2-3,6-11H,1,4-5,12-14H2. The van der Waals surface area contributed by atoms with Crippen molar-refractivity contribution in [3.05, 3.63) is 129 Å². The summed E-state index contributed by atoms with van der Waals surface area (Å²) in [4.78, 5) is 30.5. The Bertz CT molecular complexity index is 1650. The minimum atomic E-state index is -1.19. The zero-order chi connectivity index (χ0) is 33.0. The third-order valence-corrected chi connectivity index (χ3v) is 11.8. The molecule has 0 spiro atoms. The minimum absolute atomic E-state index is 0.0912. The second kappa shape index (κ2) is 17.9. The van der Waals surface area contributed by atoms with Gasteiger partial charge in [0.05, 0.1) is 31.5 Å². The van der Waals surface area contributed by atoms with E-state index in [1.807, 2.05) is 94.7 Å². The number of carbonyl (C=O) groups excluding carboxylic acids is 2. The summed E-state index contributed by atoms with van der Waals surface area (Å²) in [5, 5.41) is 1.31. The van der Waals surface area contributed by atoms with E-state index in [0.717, 1.165) is 78.7 Å². The molecule has 1 unspecified atom stereocenters. The van der Waals surface area contributed by atoms with E-state index in [1.54, 1.807) is 23.9 Å². The van der Waals surface area contributed by atoms with Gasteiger partial charge < -0.3 is 9.80 Å². The van der Waals surface area contributed by atoms with Crippen molar-refractivity contribution in [2.45, 2.75) is 59.8 Å². The molecule has 0 aromatic heterocycles. The SMILES string of the molecule is O=C(c1ccc(CS(=O)c2ccccc2Cl)cc1)N1CCCCC1.O=C(c1ccc(CSc2ccccc2Cl)cc1)N1CCCCC1. The van der Waals surface area contributed by atoms with E-state index in [2.05, 4.69) is 0 Å². The van der Waals surface area contributed by atoms with Gasteiger partial charge in [-0.2, -0.15) is 0 Å². The lowest BCUT2D eigenvalue weighted by molar-refractivity contribution is 0.0717. The van der Waals surface area contributed by atoms with Crippen molar-refractivity contribution in [2.24, 2.45) is 0 Å². The number of amides is 2. The average Bonchev–Trinajstić information content (AvgIpc) is 3.12. The van der Waals surface area contributed by atoms with Crippen LogP contribution in [0.4, 0.5) is 0 Å². The highest BCUT2D eigenvalue weighted by Crippen LogP contribution is 2.29. The van der Waals surface area contributed by atoms with Gasteiger partial charge >= 0.3 is 0 Å². The second-order valence-corrected chi connectivity index (χ2v) is 15.0. The molecule has 4 aromatic rings. The lowest BCUT2D eigenvalue weighted by Crippen LogP contribution is -2.35. The van der Waals surface area contributed by atoms with Crippen LogP contribution < -0.4 is 0 Å². The third-order valence-electron chi connectivity index (χ3n) is 8.30. The molecule has 2 amide bonds. The fraction of sp³-hybridized carbons (Fsp3) is 0.316. The molecule has 2 heterocycles. The fourth-order valence-corrected chi connectivity index (χ4v) is 8.38. The van der Waals surface area contributed by atoms with Gasteiger partial charge in [-0.05, 0) is 98.2 Å². The number of nitrogens with zero attached hydrogens (tertiary/aromatic N) is 2. The van der Waals surface area contributed by atoms with Crippen LogP contribution in [0.15, 0.2) is 107 Å². The third kappa shape index (κ3) is 10.2. The second-order valence-electron chi connectivity index (χ2n) is 11.7. The van der Waals surface area contributed by atoms with Crippen LogP contribution in [-0.2, 0) is 22.3 Å². The predicted molar refractivity (Wildman–Crippen MR) is 195 cm³/mol. The number of likely N-dealkylation sites (tertiary alicyclic amines) is 2. The van der Waals surface area contributed by atoms with Crippen molar-refractivity contribution in [3.63, 3.8) is 0 Å². The Labute approximate surface area is 295 Å². The molecule has 47 heavy (non-hydrogen) atoms. The van der Waals surface area contributed by atoms with Gasteiger partial charge in [0.2, 0.25) is 0 Å². The summed E-state index contributed by atoms with van der Waals surface area (Å²) in [5.74, 6) is 1.49. The monoisotopic (exact) mass is 706 g/mol. The fourth-order valence-electron chi connectivity index (χ4n) is 5.63. The Morgan fingerprint density at radius 3 is 1.57 bits per heavy atom. The minimum Gasteiger partial charge on any atom is -0.339 e. The summed E-state index contributed by atoms with van der Waals surface area (Å²) >= 11 is 14.0. The zero-order valence-electron chi connectivity index (χ0n) is 26.4. The summed E-state index contributed by atoms with van der Waals surface area (Å²) in [6.07, 6.45) is 6.86. The maximum absolute atomic E-state index is 12.5. The number of hydrogen-bond acceptors (Lipinski definition) is 4. The van der Waals surface area contributed by atoms with Crippen molar-refractivity contribution >= 4 is 57.6 Å². The summed E-state index contributed by atoms with van der Waals surface area (Å²) in [7, 11) is -1.19. The van der Waals surface area contributed by atoms with E-state index < -0.39 is 10.8 Å². The number of rotatable bonds is 8. The number of benzene rings is 4. The molecule has 2 aliphatic rings. The first-order valence-corrected chi connectivity index (χ1v) is 19.2. The van der Waals surface area contributed by atoms with Crippen LogP contribution in [0.2, 0.25) is 10.0 Å². The molecule has 0 N–H and O–H groups in total. The molecule has 2 saturated heterocycles. The quantitative estimate of drug-likeness (QED) is 0.171. The lowest BCUT2D eigenvalue weighted by atomic mass is 10.1. The van der Waals surface area contributed by atoms with Gasteiger partial charge in [-0.3, -0.25) is 13.8 Å². The largest absolute Gasteiger partial charge is 0.339 e. The van der Waals surface area contributed by atoms with Gasteiger partial charge in [0.25, 0.3) is 11.8 Å². The normalized spacial score (nSPS) is 15.4. The molecular weight excluding hydrogens is 667 g/mol. The number of thioether (sulfide) groups is 1. The number of hydrogen-bond donors (Lipinski definition) is 0. The summed E-state index contributed by atoms with van der Waals surface area (Å²) < 4.78 is 12.5. The average molecular weight is 708 g/mol. The van der Waals surface area contributed by atoms with Crippen molar-refractivity contribution in [1.82, 2.24) is 9.80 Å². The molecule has 9 heteroatoms. The molecule has 0 aliphatic carbocycles. The topological polar surface area (TPSA) is 57.7 Å². The van der Waals surface area contributed by atoms with Gasteiger partial charge in [0.1, 0.15) is 0 Å². The molecule has 5 nitrogen and oxygen atoms in total. The van der Waals surface area contributed by atoms with Crippen LogP contribution in [-0.4, -0.2) is 52.0 Å². The number of halogens is 2. The summed E-state index contributed by atoms with van der Waals surface area (Å²) in [5.41, 5.74) is 3.62. The van der Waals surface area contributed by atoms with E-state index in [9.17, 15) is 13.8 Å². The smallest absolute Gasteiger partial charge is 0.253 e. The Kier molecular flexibility index (Phi) is 13.4. The van der Waals surface area contributed by atoms with Crippen molar-refractivity contribution in [3.8, 4) is 0 Å². The summed E-state index contributed by atoms with van der Waals surface area (Å²) in [6, 6.07) is 30.4. The molecule has 1 atom stereocenters. The maximum Gasteiger partial charge on any atom is 0.253 e. The Morgan fingerprint density at radius 2 is 1.06 bits per heavy atom. The number of piperidine rings is 2. The van der Waals surface area contributed by atoms with E-state index >= 15 is 0 Å². The first kappa shape index (κ1) is 35.2. The highest BCUT2D eigenvalue weighted by atomic mass is 35.5. The van der Waals surface area contributed by atoms with Crippen LogP contribution in [0, 0.1) is 0 Å². The van der Waals surface area contributed by atoms with E-state index in [-0.39, 0.29) is 11.8 Å².